The number of halogens is 2. The van der Waals surface area contributed by atoms with Gasteiger partial charge in [0, 0.05) is 23.2 Å². The largest absolute Gasteiger partial charge is 0.467 e. The summed E-state index contributed by atoms with van der Waals surface area (Å²) in [5, 5.41) is 2.86. The van der Waals surface area contributed by atoms with Crippen LogP contribution in [0.2, 0.25) is 0 Å². The third-order valence-corrected chi connectivity index (χ3v) is 5.39. The lowest BCUT2D eigenvalue weighted by Gasteiger charge is -2.28. The average Bonchev–Trinajstić information content (AvgIpc) is 3.28. The number of nitrogens with zero attached hydrogens (tertiary/aromatic N) is 2. The van der Waals surface area contributed by atoms with Gasteiger partial charge in [-0.25, -0.2) is 9.18 Å². The molecule has 3 rings (SSSR count). The molecule has 0 aliphatic heterocycles. The van der Waals surface area contributed by atoms with Gasteiger partial charge in [0.2, 0.25) is 5.91 Å². The Hall–Kier alpha value is -3.13. The Morgan fingerprint density at radius 2 is 1.70 bits per heavy atom. The molecular weight excluding hydrogens is 489 g/mol. The van der Waals surface area contributed by atoms with Crippen molar-refractivity contribution in [1.82, 2.24) is 9.80 Å². The van der Waals surface area contributed by atoms with E-state index in [1.54, 1.807) is 47.6 Å². The van der Waals surface area contributed by atoms with Crippen LogP contribution in [0.3, 0.4) is 0 Å². The predicted octanol–water partition coefficient (Wildman–Crippen LogP) is 5.90. The summed E-state index contributed by atoms with van der Waals surface area (Å²) in [6.07, 6.45) is 1.55. The zero-order chi connectivity index (χ0) is 23.8. The van der Waals surface area contributed by atoms with E-state index in [2.05, 4.69) is 21.2 Å². The van der Waals surface area contributed by atoms with E-state index in [4.69, 9.17) is 4.42 Å². The number of hydrogen-bond acceptors (Lipinski definition) is 3. The maximum atomic E-state index is 13.3. The molecule has 0 spiro atoms. The summed E-state index contributed by atoms with van der Waals surface area (Å²) in [4.78, 5) is 29.4. The van der Waals surface area contributed by atoms with Crippen LogP contribution in [0.4, 0.5) is 14.9 Å². The Balaban J connectivity index is 1.75. The second-order valence-electron chi connectivity index (χ2n) is 8.17. The second-order valence-corrected chi connectivity index (χ2v) is 9.08. The van der Waals surface area contributed by atoms with Crippen molar-refractivity contribution < 1.29 is 18.4 Å². The number of hydrogen-bond donors (Lipinski definition) is 1. The highest BCUT2D eigenvalue weighted by atomic mass is 79.9. The number of rotatable bonds is 9. The van der Waals surface area contributed by atoms with E-state index in [9.17, 15) is 14.0 Å². The Morgan fingerprint density at radius 1 is 1.00 bits per heavy atom. The van der Waals surface area contributed by atoms with Gasteiger partial charge in [0.15, 0.2) is 0 Å². The van der Waals surface area contributed by atoms with E-state index in [-0.39, 0.29) is 43.3 Å². The summed E-state index contributed by atoms with van der Waals surface area (Å²) in [6, 6.07) is 16.5. The number of amides is 3. The lowest BCUT2D eigenvalue weighted by atomic mass is 10.2. The Labute approximate surface area is 201 Å². The van der Waals surface area contributed by atoms with Crippen LogP contribution in [0.5, 0.6) is 0 Å². The maximum absolute atomic E-state index is 13.3. The minimum absolute atomic E-state index is 0.0948. The molecule has 0 bridgehead atoms. The number of furan rings is 1. The minimum Gasteiger partial charge on any atom is -0.467 e. The molecule has 0 aliphatic carbocycles. The Bertz CT molecular complexity index is 1040. The number of carbonyl (C=O) groups is 2. The SMILES string of the molecule is CC(C)CN(CC(=O)N(Cc1ccc(F)cc1)Cc1ccco1)C(=O)Nc1ccc(Br)cc1. The lowest BCUT2D eigenvalue weighted by Crippen LogP contribution is -2.45. The predicted molar refractivity (Wildman–Crippen MR) is 129 cm³/mol. The molecule has 0 saturated heterocycles. The molecule has 3 aromatic rings. The molecule has 8 heteroatoms. The number of nitrogens with one attached hydrogen (secondary N) is 1. The number of carbonyl (C=O) groups excluding carboxylic acids is 2. The third-order valence-electron chi connectivity index (χ3n) is 4.86. The molecule has 0 aliphatic rings. The normalized spacial score (nSPS) is 10.8. The second kappa shape index (κ2) is 11.7. The molecule has 174 valence electrons. The molecule has 0 unspecified atom stereocenters. The van der Waals surface area contributed by atoms with Crippen molar-refractivity contribution in [2.75, 3.05) is 18.4 Å². The smallest absolute Gasteiger partial charge is 0.322 e. The Kier molecular flexibility index (Phi) is 8.65. The maximum Gasteiger partial charge on any atom is 0.322 e. The quantitative estimate of drug-likeness (QED) is 0.385. The standard InChI is InChI=1S/C25H27BrFN3O3/c1-18(2)14-30(25(32)28-22-11-7-20(26)8-12-22)17-24(31)29(16-23-4-3-13-33-23)15-19-5-9-21(27)10-6-19/h3-13,18H,14-17H2,1-2H3,(H,28,32). The van der Waals surface area contributed by atoms with Gasteiger partial charge in [-0.3, -0.25) is 4.79 Å². The molecule has 1 aromatic heterocycles. The van der Waals surface area contributed by atoms with Crippen LogP contribution in [0, 0.1) is 11.7 Å². The van der Waals surface area contributed by atoms with Crippen LogP contribution in [-0.2, 0) is 17.9 Å². The molecule has 33 heavy (non-hydrogen) atoms. The van der Waals surface area contributed by atoms with Gasteiger partial charge in [-0.1, -0.05) is 41.9 Å². The van der Waals surface area contributed by atoms with Crippen LogP contribution >= 0.6 is 15.9 Å². The van der Waals surface area contributed by atoms with E-state index in [1.165, 1.54) is 17.0 Å². The molecule has 0 saturated carbocycles. The van der Waals surface area contributed by atoms with Crippen LogP contribution in [0.15, 0.2) is 75.8 Å². The molecule has 0 radical (unpaired) electrons. The van der Waals surface area contributed by atoms with Crippen LogP contribution in [-0.4, -0.2) is 34.8 Å². The average molecular weight is 516 g/mol. The lowest BCUT2D eigenvalue weighted by molar-refractivity contribution is -0.133. The molecule has 0 atom stereocenters. The highest BCUT2D eigenvalue weighted by molar-refractivity contribution is 9.10. The van der Waals surface area contributed by atoms with Gasteiger partial charge in [0.05, 0.1) is 12.8 Å². The van der Waals surface area contributed by atoms with E-state index >= 15 is 0 Å². The van der Waals surface area contributed by atoms with Crippen molar-refractivity contribution in [2.45, 2.75) is 26.9 Å². The highest BCUT2D eigenvalue weighted by Crippen LogP contribution is 2.16. The van der Waals surface area contributed by atoms with E-state index in [0.717, 1.165) is 10.0 Å². The molecule has 0 fully saturated rings. The van der Waals surface area contributed by atoms with Gasteiger partial charge in [0.1, 0.15) is 18.1 Å². The first kappa shape index (κ1) is 24.5. The molecular formula is C25H27BrFN3O3. The zero-order valence-corrected chi connectivity index (χ0v) is 20.2. The fourth-order valence-electron chi connectivity index (χ4n) is 3.29. The van der Waals surface area contributed by atoms with Crippen LogP contribution in [0.25, 0.3) is 0 Å². The molecule has 1 N–H and O–H groups in total. The van der Waals surface area contributed by atoms with Crippen molar-refractivity contribution >= 4 is 33.6 Å². The summed E-state index contributed by atoms with van der Waals surface area (Å²) in [5.41, 5.74) is 1.43. The monoisotopic (exact) mass is 515 g/mol. The number of urea groups is 1. The van der Waals surface area contributed by atoms with Crippen LogP contribution < -0.4 is 5.32 Å². The number of anilines is 1. The van der Waals surface area contributed by atoms with E-state index in [0.29, 0.717) is 18.0 Å². The van der Waals surface area contributed by atoms with Gasteiger partial charge in [-0.05, 0) is 60.0 Å². The molecule has 2 aromatic carbocycles. The van der Waals surface area contributed by atoms with E-state index in [1.807, 2.05) is 26.0 Å². The van der Waals surface area contributed by atoms with Crippen molar-refractivity contribution in [3.05, 3.63) is 88.5 Å². The fourth-order valence-corrected chi connectivity index (χ4v) is 3.56. The van der Waals surface area contributed by atoms with Gasteiger partial charge >= 0.3 is 6.03 Å². The zero-order valence-electron chi connectivity index (χ0n) is 18.6. The molecule has 3 amide bonds. The third kappa shape index (κ3) is 7.75. The molecule has 6 nitrogen and oxygen atoms in total. The van der Waals surface area contributed by atoms with Crippen molar-refractivity contribution in [3.63, 3.8) is 0 Å². The topological polar surface area (TPSA) is 65.8 Å². The summed E-state index contributed by atoms with van der Waals surface area (Å²) in [5.74, 6) is 0.224. The summed E-state index contributed by atoms with van der Waals surface area (Å²) in [7, 11) is 0. The summed E-state index contributed by atoms with van der Waals surface area (Å²) < 4.78 is 19.7. The van der Waals surface area contributed by atoms with E-state index < -0.39 is 0 Å². The Morgan fingerprint density at radius 3 is 2.30 bits per heavy atom. The van der Waals surface area contributed by atoms with Gasteiger partial charge in [0.25, 0.3) is 0 Å². The first-order valence-electron chi connectivity index (χ1n) is 10.7. The number of benzene rings is 2. The first-order chi connectivity index (χ1) is 15.8. The van der Waals surface area contributed by atoms with Crippen molar-refractivity contribution in [2.24, 2.45) is 5.92 Å². The van der Waals surface area contributed by atoms with Crippen LogP contribution in [0.1, 0.15) is 25.2 Å². The molecule has 1 heterocycles. The van der Waals surface area contributed by atoms with Crippen molar-refractivity contribution in [3.8, 4) is 0 Å². The minimum atomic E-state index is -0.348. The van der Waals surface area contributed by atoms with Gasteiger partial charge in [-0.15, -0.1) is 0 Å². The first-order valence-corrected chi connectivity index (χ1v) is 11.5. The van der Waals surface area contributed by atoms with Gasteiger partial charge < -0.3 is 19.5 Å². The van der Waals surface area contributed by atoms with Gasteiger partial charge in [-0.2, -0.15) is 0 Å². The fraction of sp³-hybridized carbons (Fsp3) is 0.280. The summed E-state index contributed by atoms with van der Waals surface area (Å²) >= 11 is 3.38. The summed E-state index contributed by atoms with van der Waals surface area (Å²) in [6.45, 7) is 4.81. The van der Waals surface area contributed by atoms with Crippen molar-refractivity contribution in [1.29, 1.82) is 0 Å². The highest BCUT2D eigenvalue weighted by Gasteiger charge is 2.23.